The van der Waals surface area contributed by atoms with E-state index >= 15 is 0 Å². The van der Waals surface area contributed by atoms with E-state index in [0.29, 0.717) is 12.1 Å². The third-order valence-corrected chi connectivity index (χ3v) is 3.03. The van der Waals surface area contributed by atoms with Gasteiger partial charge < -0.3 is 15.0 Å². The first-order valence-electron chi connectivity index (χ1n) is 5.86. The van der Waals surface area contributed by atoms with Crippen molar-refractivity contribution < 1.29 is 4.74 Å². The summed E-state index contributed by atoms with van der Waals surface area (Å²) in [5, 5.41) is 3.53. The van der Waals surface area contributed by atoms with Crippen LogP contribution < -0.4 is 5.32 Å². The van der Waals surface area contributed by atoms with Gasteiger partial charge in [-0.1, -0.05) is 6.08 Å². The normalized spacial score (nSPS) is 27.1. The van der Waals surface area contributed by atoms with Crippen molar-refractivity contribution in [3.63, 3.8) is 0 Å². The van der Waals surface area contributed by atoms with E-state index in [0.717, 1.165) is 32.7 Å². The molecule has 2 atom stereocenters. The molecule has 0 bridgehead atoms. The molecular formula is C12H24N2O. The minimum absolute atomic E-state index is 0.646. The van der Waals surface area contributed by atoms with Gasteiger partial charge >= 0.3 is 0 Å². The van der Waals surface area contributed by atoms with Gasteiger partial charge in [0.05, 0.1) is 13.2 Å². The Labute approximate surface area is 93.5 Å². The van der Waals surface area contributed by atoms with Gasteiger partial charge in [0.25, 0.3) is 0 Å². The number of likely N-dealkylation sites (tertiary alicyclic amines) is 1. The van der Waals surface area contributed by atoms with Crippen LogP contribution in [0.3, 0.4) is 0 Å². The van der Waals surface area contributed by atoms with E-state index in [9.17, 15) is 0 Å². The maximum atomic E-state index is 5.44. The summed E-state index contributed by atoms with van der Waals surface area (Å²) >= 11 is 0. The SMILES string of the molecule is C=CCCOCCNC1CC(C)N(C)C1. The molecule has 0 saturated carbocycles. The van der Waals surface area contributed by atoms with Crippen molar-refractivity contribution in [2.45, 2.75) is 31.8 Å². The van der Waals surface area contributed by atoms with Crippen LogP contribution in [0.25, 0.3) is 0 Å². The van der Waals surface area contributed by atoms with Crippen molar-refractivity contribution in [2.24, 2.45) is 0 Å². The molecule has 1 rings (SSSR count). The number of nitrogens with zero attached hydrogens (tertiary/aromatic N) is 1. The van der Waals surface area contributed by atoms with Crippen LogP contribution in [0.15, 0.2) is 12.7 Å². The second-order valence-electron chi connectivity index (χ2n) is 4.37. The Balaban J connectivity index is 1.94. The standard InChI is InChI=1S/C12H24N2O/c1-4-5-7-15-8-6-13-12-9-11(2)14(3)10-12/h4,11-13H,1,5-10H2,2-3H3. The molecule has 1 aliphatic rings. The van der Waals surface area contributed by atoms with Crippen LogP contribution in [0.1, 0.15) is 19.8 Å². The second kappa shape index (κ2) is 6.99. The van der Waals surface area contributed by atoms with Gasteiger partial charge in [0.15, 0.2) is 0 Å². The van der Waals surface area contributed by atoms with Gasteiger partial charge in [-0.15, -0.1) is 6.58 Å². The molecule has 1 heterocycles. The van der Waals surface area contributed by atoms with Crippen LogP contribution in [0, 0.1) is 0 Å². The highest BCUT2D eigenvalue weighted by molar-refractivity contribution is 4.84. The Morgan fingerprint density at radius 1 is 1.53 bits per heavy atom. The second-order valence-corrected chi connectivity index (χ2v) is 4.37. The van der Waals surface area contributed by atoms with Crippen molar-refractivity contribution in [1.82, 2.24) is 10.2 Å². The largest absolute Gasteiger partial charge is 0.380 e. The summed E-state index contributed by atoms with van der Waals surface area (Å²) in [7, 11) is 2.19. The van der Waals surface area contributed by atoms with Crippen LogP contribution in [-0.2, 0) is 4.74 Å². The van der Waals surface area contributed by atoms with E-state index in [4.69, 9.17) is 4.74 Å². The molecule has 1 fully saturated rings. The molecule has 3 nitrogen and oxygen atoms in total. The Hall–Kier alpha value is -0.380. The lowest BCUT2D eigenvalue weighted by Crippen LogP contribution is -2.33. The molecule has 0 radical (unpaired) electrons. The molecule has 0 aliphatic carbocycles. The molecule has 1 saturated heterocycles. The zero-order valence-electron chi connectivity index (χ0n) is 10.0. The smallest absolute Gasteiger partial charge is 0.0591 e. The highest BCUT2D eigenvalue weighted by Crippen LogP contribution is 2.14. The van der Waals surface area contributed by atoms with Gasteiger partial charge in [0.2, 0.25) is 0 Å². The number of hydrogen-bond donors (Lipinski definition) is 1. The molecule has 2 unspecified atom stereocenters. The van der Waals surface area contributed by atoms with Gasteiger partial charge in [-0.25, -0.2) is 0 Å². The molecule has 0 aromatic rings. The molecule has 0 spiro atoms. The van der Waals surface area contributed by atoms with Gasteiger partial charge in [-0.05, 0) is 26.8 Å². The van der Waals surface area contributed by atoms with Crippen molar-refractivity contribution in [3.8, 4) is 0 Å². The number of rotatable bonds is 7. The van der Waals surface area contributed by atoms with Crippen molar-refractivity contribution in [3.05, 3.63) is 12.7 Å². The zero-order valence-corrected chi connectivity index (χ0v) is 10.0. The van der Waals surface area contributed by atoms with Crippen LogP contribution in [0.5, 0.6) is 0 Å². The van der Waals surface area contributed by atoms with E-state index in [1.165, 1.54) is 6.42 Å². The van der Waals surface area contributed by atoms with Crippen molar-refractivity contribution >= 4 is 0 Å². The number of ether oxygens (including phenoxy) is 1. The van der Waals surface area contributed by atoms with E-state index in [1.54, 1.807) is 0 Å². The van der Waals surface area contributed by atoms with Gasteiger partial charge in [0, 0.05) is 25.2 Å². The third-order valence-electron chi connectivity index (χ3n) is 3.03. The van der Waals surface area contributed by atoms with E-state index in [1.807, 2.05) is 6.08 Å². The van der Waals surface area contributed by atoms with Crippen LogP contribution in [0.2, 0.25) is 0 Å². The lowest BCUT2D eigenvalue weighted by atomic mass is 10.2. The fraction of sp³-hybridized carbons (Fsp3) is 0.833. The van der Waals surface area contributed by atoms with E-state index < -0.39 is 0 Å². The Kier molecular flexibility index (Phi) is 5.91. The quantitative estimate of drug-likeness (QED) is 0.508. The predicted molar refractivity (Wildman–Crippen MR) is 64.1 cm³/mol. The number of hydrogen-bond acceptors (Lipinski definition) is 3. The topological polar surface area (TPSA) is 24.5 Å². The summed E-state index contributed by atoms with van der Waals surface area (Å²) in [5.41, 5.74) is 0. The van der Waals surface area contributed by atoms with Gasteiger partial charge in [0.1, 0.15) is 0 Å². The molecule has 88 valence electrons. The Morgan fingerprint density at radius 3 is 2.93 bits per heavy atom. The maximum absolute atomic E-state index is 5.44. The maximum Gasteiger partial charge on any atom is 0.0591 e. The molecule has 0 amide bonds. The Bertz CT molecular complexity index is 174. The summed E-state index contributed by atoms with van der Waals surface area (Å²) in [6.45, 7) is 9.66. The van der Waals surface area contributed by atoms with E-state index in [2.05, 4.69) is 30.8 Å². The summed E-state index contributed by atoms with van der Waals surface area (Å²) < 4.78 is 5.44. The summed E-state index contributed by atoms with van der Waals surface area (Å²) in [6.07, 6.45) is 4.09. The average molecular weight is 212 g/mol. The molecule has 15 heavy (non-hydrogen) atoms. The zero-order chi connectivity index (χ0) is 11.1. The molecule has 1 N–H and O–H groups in total. The molecule has 0 aromatic heterocycles. The number of nitrogens with one attached hydrogen (secondary N) is 1. The monoisotopic (exact) mass is 212 g/mol. The molecular weight excluding hydrogens is 188 g/mol. The fourth-order valence-electron chi connectivity index (χ4n) is 1.95. The summed E-state index contributed by atoms with van der Waals surface area (Å²) in [6, 6.07) is 1.36. The lowest BCUT2D eigenvalue weighted by Gasteiger charge is -2.13. The fourth-order valence-corrected chi connectivity index (χ4v) is 1.95. The highest BCUT2D eigenvalue weighted by atomic mass is 16.5. The summed E-state index contributed by atoms with van der Waals surface area (Å²) in [5.74, 6) is 0. The van der Waals surface area contributed by atoms with Crippen LogP contribution >= 0.6 is 0 Å². The highest BCUT2D eigenvalue weighted by Gasteiger charge is 2.24. The van der Waals surface area contributed by atoms with Gasteiger partial charge in [-0.2, -0.15) is 0 Å². The first-order chi connectivity index (χ1) is 7.24. The van der Waals surface area contributed by atoms with Crippen molar-refractivity contribution in [2.75, 3.05) is 33.4 Å². The Morgan fingerprint density at radius 2 is 2.33 bits per heavy atom. The average Bonchev–Trinajstić information content (AvgIpc) is 2.52. The minimum Gasteiger partial charge on any atom is -0.380 e. The number of likely N-dealkylation sites (N-methyl/N-ethyl adjacent to an activating group) is 1. The van der Waals surface area contributed by atoms with Crippen molar-refractivity contribution in [1.29, 1.82) is 0 Å². The lowest BCUT2D eigenvalue weighted by molar-refractivity contribution is 0.138. The van der Waals surface area contributed by atoms with Crippen LogP contribution in [-0.4, -0.2) is 50.3 Å². The first-order valence-corrected chi connectivity index (χ1v) is 5.86. The predicted octanol–water partition coefficient (Wildman–Crippen LogP) is 1.26. The first kappa shape index (κ1) is 12.7. The third kappa shape index (κ3) is 4.78. The van der Waals surface area contributed by atoms with Gasteiger partial charge in [-0.3, -0.25) is 0 Å². The minimum atomic E-state index is 0.646. The van der Waals surface area contributed by atoms with Crippen LogP contribution in [0.4, 0.5) is 0 Å². The molecule has 3 heteroatoms. The molecule has 0 aromatic carbocycles. The summed E-state index contributed by atoms with van der Waals surface area (Å²) in [4.78, 5) is 2.40. The molecule has 1 aliphatic heterocycles. The van der Waals surface area contributed by atoms with E-state index in [-0.39, 0.29) is 0 Å².